The number of hydrogen-bond acceptors (Lipinski definition) is 2. The van der Waals surface area contributed by atoms with Gasteiger partial charge in [-0.25, -0.2) is 0 Å². The lowest BCUT2D eigenvalue weighted by atomic mass is 10.0. The third-order valence-electron chi connectivity index (χ3n) is 3.40. The van der Waals surface area contributed by atoms with Gasteiger partial charge in [0, 0.05) is 0 Å². The molecule has 18 heavy (non-hydrogen) atoms. The Balaban J connectivity index is 2.15. The van der Waals surface area contributed by atoms with E-state index in [1.807, 2.05) is 6.07 Å². The molecule has 0 saturated heterocycles. The third-order valence-corrected chi connectivity index (χ3v) is 3.68. The Kier molecular flexibility index (Phi) is 4.90. The Labute approximate surface area is 114 Å². The summed E-state index contributed by atoms with van der Waals surface area (Å²) < 4.78 is 5.92. The average molecular weight is 268 g/mol. The second kappa shape index (κ2) is 6.44. The fourth-order valence-electron chi connectivity index (χ4n) is 2.04. The number of hydrogen-bond donors (Lipinski definition) is 1. The lowest BCUT2D eigenvalue weighted by molar-refractivity contribution is 0.296. The summed E-state index contributed by atoms with van der Waals surface area (Å²) in [6.45, 7) is 3.65. The normalized spacial score (nSPS) is 14.8. The number of aryl methyl sites for hydroxylation is 2. The van der Waals surface area contributed by atoms with Gasteiger partial charge < -0.3 is 10.5 Å². The molecule has 0 atom stereocenters. The molecule has 1 aromatic carbocycles. The molecular weight excluding hydrogens is 246 g/mol. The topological polar surface area (TPSA) is 35.2 Å². The Bertz CT molecular complexity index is 402. The zero-order valence-electron chi connectivity index (χ0n) is 11.0. The third kappa shape index (κ3) is 3.63. The lowest BCUT2D eigenvalue weighted by Crippen LogP contribution is -2.06. The summed E-state index contributed by atoms with van der Waals surface area (Å²) in [5.41, 5.74) is 8.08. The molecular formula is C15H22ClNO. The molecule has 1 aliphatic rings. The van der Waals surface area contributed by atoms with E-state index in [0.29, 0.717) is 6.54 Å². The standard InChI is InChI=1S/C15H22ClNO/c1-2-11-8-13(4-3-7-17)15(14(16)9-11)18-10-12-5-6-12/h8-9,12H,2-7,10,17H2,1H3. The molecule has 3 heteroatoms. The molecule has 0 bridgehead atoms. The van der Waals surface area contributed by atoms with Crippen LogP contribution in [0.5, 0.6) is 5.75 Å². The predicted molar refractivity (Wildman–Crippen MR) is 76.4 cm³/mol. The van der Waals surface area contributed by atoms with Crippen molar-refractivity contribution in [2.75, 3.05) is 13.2 Å². The van der Waals surface area contributed by atoms with Crippen molar-refractivity contribution >= 4 is 11.6 Å². The van der Waals surface area contributed by atoms with Crippen LogP contribution in [-0.4, -0.2) is 13.2 Å². The number of ether oxygens (including phenoxy) is 1. The molecule has 1 fully saturated rings. The number of halogens is 1. The summed E-state index contributed by atoms with van der Waals surface area (Å²) in [7, 11) is 0. The summed E-state index contributed by atoms with van der Waals surface area (Å²) in [6, 6.07) is 4.24. The fraction of sp³-hybridized carbons (Fsp3) is 0.600. The maximum atomic E-state index is 6.34. The summed E-state index contributed by atoms with van der Waals surface area (Å²) >= 11 is 6.34. The fourth-order valence-corrected chi connectivity index (χ4v) is 2.36. The van der Waals surface area contributed by atoms with E-state index in [2.05, 4.69) is 13.0 Å². The maximum absolute atomic E-state index is 6.34. The van der Waals surface area contributed by atoms with E-state index in [4.69, 9.17) is 22.1 Å². The van der Waals surface area contributed by atoms with Crippen molar-refractivity contribution in [1.82, 2.24) is 0 Å². The predicted octanol–water partition coefficient (Wildman–Crippen LogP) is 3.58. The van der Waals surface area contributed by atoms with Gasteiger partial charge in [0.25, 0.3) is 0 Å². The molecule has 0 aromatic heterocycles. The Hall–Kier alpha value is -0.730. The van der Waals surface area contributed by atoms with Crippen molar-refractivity contribution in [3.05, 3.63) is 28.3 Å². The molecule has 1 aromatic rings. The van der Waals surface area contributed by atoms with Gasteiger partial charge in [-0.15, -0.1) is 0 Å². The molecule has 0 spiro atoms. The van der Waals surface area contributed by atoms with Crippen LogP contribution < -0.4 is 10.5 Å². The van der Waals surface area contributed by atoms with E-state index in [1.54, 1.807) is 0 Å². The summed E-state index contributed by atoms with van der Waals surface area (Å²) in [4.78, 5) is 0. The molecule has 0 heterocycles. The summed E-state index contributed by atoms with van der Waals surface area (Å²) in [6.07, 6.45) is 5.51. The van der Waals surface area contributed by atoms with Crippen LogP contribution in [-0.2, 0) is 12.8 Å². The van der Waals surface area contributed by atoms with E-state index in [1.165, 1.54) is 24.0 Å². The monoisotopic (exact) mass is 267 g/mol. The van der Waals surface area contributed by atoms with E-state index >= 15 is 0 Å². The van der Waals surface area contributed by atoms with Crippen LogP contribution in [0.15, 0.2) is 12.1 Å². The second-order valence-electron chi connectivity index (χ2n) is 5.07. The van der Waals surface area contributed by atoms with Gasteiger partial charge in [-0.3, -0.25) is 0 Å². The van der Waals surface area contributed by atoms with Crippen molar-refractivity contribution in [2.45, 2.75) is 39.0 Å². The quantitative estimate of drug-likeness (QED) is 0.820. The minimum Gasteiger partial charge on any atom is -0.491 e. The van der Waals surface area contributed by atoms with E-state index in [-0.39, 0.29) is 0 Å². The Morgan fingerprint density at radius 1 is 1.39 bits per heavy atom. The largest absolute Gasteiger partial charge is 0.491 e. The van der Waals surface area contributed by atoms with Crippen molar-refractivity contribution in [1.29, 1.82) is 0 Å². The van der Waals surface area contributed by atoms with E-state index < -0.39 is 0 Å². The van der Waals surface area contributed by atoms with Crippen LogP contribution in [0.4, 0.5) is 0 Å². The number of nitrogens with two attached hydrogens (primary N) is 1. The minimum absolute atomic E-state index is 0.704. The van der Waals surface area contributed by atoms with Crippen molar-refractivity contribution < 1.29 is 4.74 Å². The van der Waals surface area contributed by atoms with Crippen LogP contribution in [0.25, 0.3) is 0 Å². The first kappa shape index (κ1) is 13.7. The van der Waals surface area contributed by atoms with Gasteiger partial charge >= 0.3 is 0 Å². The van der Waals surface area contributed by atoms with Gasteiger partial charge in [0.15, 0.2) is 0 Å². The number of benzene rings is 1. The van der Waals surface area contributed by atoms with Crippen molar-refractivity contribution in [3.63, 3.8) is 0 Å². The molecule has 0 amide bonds. The molecule has 1 aliphatic carbocycles. The first-order valence-corrected chi connectivity index (χ1v) is 7.26. The highest BCUT2D eigenvalue weighted by Gasteiger charge is 2.23. The smallest absolute Gasteiger partial charge is 0.141 e. The molecule has 0 unspecified atom stereocenters. The molecule has 100 valence electrons. The number of rotatable bonds is 7. The molecule has 0 radical (unpaired) electrons. The van der Waals surface area contributed by atoms with Crippen LogP contribution in [0.1, 0.15) is 37.3 Å². The van der Waals surface area contributed by atoms with Gasteiger partial charge in [-0.1, -0.05) is 24.6 Å². The van der Waals surface area contributed by atoms with Gasteiger partial charge in [-0.2, -0.15) is 0 Å². The molecule has 0 aliphatic heterocycles. The van der Waals surface area contributed by atoms with Crippen LogP contribution >= 0.6 is 11.6 Å². The van der Waals surface area contributed by atoms with E-state index in [9.17, 15) is 0 Å². The van der Waals surface area contributed by atoms with Gasteiger partial charge in [0.1, 0.15) is 5.75 Å². The van der Waals surface area contributed by atoms with Gasteiger partial charge in [0.2, 0.25) is 0 Å². The first-order valence-electron chi connectivity index (χ1n) is 6.88. The molecule has 2 rings (SSSR count). The average Bonchev–Trinajstić information content (AvgIpc) is 3.18. The highest BCUT2D eigenvalue weighted by atomic mass is 35.5. The Morgan fingerprint density at radius 2 is 2.17 bits per heavy atom. The highest BCUT2D eigenvalue weighted by molar-refractivity contribution is 6.32. The summed E-state index contributed by atoms with van der Waals surface area (Å²) in [5.74, 6) is 1.63. The van der Waals surface area contributed by atoms with Crippen LogP contribution in [0.2, 0.25) is 5.02 Å². The van der Waals surface area contributed by atoms with Gasteiger partial charge in [-0.05, 0) is 61.8 Å². The zero-order valence-corrected chi connectivity index (χ0v) is 11.8. The first-order chi connectivity index (χ1) is 8.74. The molecule has 1 saturated carbocycles. The van der Waals surface area contributed by atoms with Crippen LogP contribution in [0, 0.1) is 5.92 Å². The zero-order chi connectivity index (χ0) is 13.0. The highest BCUT2D eigenvalue weighted by Crippen LogP contribution is 2.35. The summed E-state index contributed by atoms with van der Waals surface area (Å²) in [5, 5.41) is 0.752. The van der Waals surface area contributed by atoms with Gasteiger partial charge in [0.05, 0.1) is 11.6 Å². The van der Waals surface area contributed by atoms with Crippen molar-refractivity contribution in [3.8, 4) is 5.75 Å². The lowest BCUT2D eigenvalue weighted by Gasteiger charge is -2.14. The Morgan fingerprint density at radius 3 is 2.78 bits per heavy atom. The van der Waals surface area contributed by atoms with Crippen molar-refractivity contribution in [2.24, 2.45) is 11.7 Å². The maximum Gasteiger partial charge on any atom is 0.141 e. The van der Waals surface area contributed by atoms with Crippen LogP contribution in [0.3, 0.4) is 0 Å². The minimum atomic E-state index is 0.704. The van der Waals surface area contributed by atoms with E-state index in [0.717, 1.165) is 42.6 Å². The second-order valence-corrected chi connectivity index (χ2v) is 5.47. The molecule has 2 N–H and O–H groups in total. The SMILES string of the molecule is CCc1cc(Cl)c(OCC2CC2)c(CCCN)c1. The molecule has 2 nitrogen and oxygen atoms in total.